The predicted molar refractivity (Wildman–Crippen MR) is 150 cm³/mol. The van der Waals surface area contributed by atoms with Gasteiger partial charge in [0.2, 0.25) is 10.0 Å². The quantitative estimate of drug-likeness (QED) is 0.312. The van der Waals surface area contributed by atoms with Crippen LogP contribution in [0.1, 0.15) is 5.56 Å². The van der Waals surface area contributed by atoms with Gasteiger partial charge in [-0.25, -0.2) is 13.1 Å². The van der Waals surface area contributed by atoms with Gasteiger partial charge in [-0.15, -0.1) is 0 Å². The molecule has 0 fully saturated rings. The summed E-state index contributed by atoms with van der Waals surface area (Å²) in [7, 11) is -2.32. The Kier molecular flexibility index (Phi) is 9.99. The number of hydrogen-bond donors (Lipinski definition) is 2. The molecule has 212 valence electrons. The monoisotopic (exact) mass is 587 g/mol. The van der Waals surface area contributed by atoms with Gasteiger partial charge in [-0.3, -0.25) is 9.59 Å². The number of sulfonamides is 1. The molecule has 1 unspecified atom stereocenters. The smallest absolute Gasteiger partial charge is 0.265 e. The lowest BCUT2D eigenvalue weighted by molar-refractivity contribution is -0.128. The predicted octanol–water partition coefficient (Wildman–Crippen LogP) is 2.80. The molecule has 40 heavy (non-hydrogen) atoms. The molecule has 1 atom stereocenters. The molecule has 0 saturated carbocycles. The molecule has 4 rings (SSSR count). The summed E-state index contributed by atoms with van der Waals surface area (Å²) in [6.45, 7) is 0.351. The van der Waals surface area contributed by atoms with Crippen LogP contribution in [-0.4, -0.2) is 66.3 Å². The fraction of sp³-hybridized carbons (Fsp3) is 0.286. The molecular formula is C28H30ClN3O7S. The molecule has 1 aliphatic rings. The summed E-state index contributed by atoms with van der Waals surface area (Å²) in [4.78, 5) is 27.5. The summed E-state index contributed by atoms with van der Waals surface area (Å²) in [5.74, 6) is -0.212. The average Bonchev–Trinajstić information content (AvgIpc) is 2.96. The molecule has 0 bridgehead atoms. The first-order valence-corrected chi connectivity index (χ1v) is 14.4. The average molecular weight is 588 g/mol. The van der Waals surface area contributed by atoms with E-state index in [1.165, 1.54) is 30.2 Å². The van der Waals surface area contributed by atoms with E-state index in [1.807, 2.05) is 30.3 Å². The molecular weight excluding hydrogens is 558 g/mol. The Bertz CT molecular complexity index is 1440. The molecule has 0 aliphatic carbocycles. The maximum atomic E-state index is 13.2. The van der Waals surface area contributed by atoms with E-state index in [-0.39, 0.29) is 41.3 Å². The lowest BCUT2D eigenvalue weighted by Crippen LogP contribution is -2.52. The van der Waals surface area contributed by atoms with Crippen molar-refractivity contribution in [2.24, 2.45) is 0 Å². The lowest BCUT2D eigenvalue weighted by atomic mass is 10.1. The molecule has 0 aromatic heterocycles. The summed E-state index contributed by atoms with van der Waals surface area (Å²) < 4.78 is 43.6. The number of nitrogens with zero attached hydrogens (tertiary/aromatic N) is 1. The Morgan fingerprint density at radius 2 is 1.80 bits per heavy atom. The first-order chi connectivity index (χ1) is 19.3. The van der Waals surface area contributed by atoms with E-state index < -0.39 is 28.6 Å². The lowest BCUT2D eigenvalue weighted by Gasteiger charge is -2.34. The van der Waals surface area contributed by atoms with E-state index in [0.29, 0.717) is 24.4 Å². The van der Waals surface area contributed by atoms with Crippen LogP contribution >= 0.6 is 11.6 Å². The van der Waals surface area contributed by atoms with Gasteiger partial charge < -0.3 is 24.4 Å². The van der Waals surface area contributed by atoms with Gasteiger partial charge in [0.25, 0.3) is 11.8 Å². The molecule has 3 aromatic carbocycles. The molecule has 1 heterocycles. The van der Waals surface area contributed by atoms with Gasteiger partial charge in [0.1, 0.15) is 11.5 Å². The zero-order valence-electron chi connectivity index (χ0n) is 21.8. The standard InChI is InChI=1S/C28H30ClN3O7S/c1-37-16-15-31-40(35,36)21-11-12-24(22(29)17-21)38-19-27(33)32-18-26(39-25-10-6-5-9-23(25)32)28(34)30-14-13-20-7-3-2-4-8-20/h2-12,17,26,31H,13-16,18-19H2,1H3,(H,30,34). The number of methoxy groups -OCH3 is 1. The van der Waals surface area contributed by atoms with Crippen LogP contribution in [0, 0.1) is 0 Å². The van der Waals surface area contributed by atoms with E-state index in [0.717, 1.165) is 5.56 Å². The highest BCUT2D eigenvalue weighted by Crippen LogP contribution is 2.34. The van der Waals surface area contributed by atoms with Gasteiger partial charge in [-0.1, -0.05) is 54.1 Å². The topological polar surface area (TPSA) is 123 Å². The molecule has 12 heteroatoms. The second-order valence-electron chi connectivity index (χ2n) is 8.88. The van der Waals surface area contributed by atoms with Crippen LogP contribution in [0.5, 0.6) is 11.5 Å². The third-order valence-electron chi connectivity index (χ3n) is 6.09. The number of benzene rings is 3. The number of hydrogen-bond acceptors (Lipinski definition) is 7. The van der Waals surface area contributed by atoms with Gasteiger partial charge in [-0.2, -0.15) is 0 Å². The van der Waals surface area contributed by atoms with Crippen LogP contribution in [0.4, 0.5) is 5.69 Å². The van der Waals surface area contributed by atoms with Crippen molar-refractivity contribution in [3.8, 4) is 11.5 Å². The molecule has 1 aliphatic heterocycles. The number of para-hydroxylation sites is 2. The molecule has 2 N–H and O–H groups in total. The van der Waals surface area contributed by atoms with Crippen molar-refractivity contribution in [3.05, 3.63) is 83.4 Å². The number of carbonyl (C=O) groups is 2. The SMILES string of the molecule is COCCNS(=O)(=O)c1ccc(OCC(=O)N2CC(C(=O)NCCc3ccccc3)Oc3ccccc32)c(Cl)c1. The minimum absolute atomic E-state index is 0.00552. The summed E-state index contributed by atoms with van der Waals surface area (Å²) in [6.07, 6.45) is -0.246. The molecule has 10 nitrogen and oxygen atoms in total. The molecule has 2 amide bonds. The Morgan fingerprint density at radius 1 is 1.05 bits per heavy atom. The second kappa shape index (κ2) is 13.6. The van der Waals surface area contributed by atoms with Gasteiger partial charge in [0.05, 0.1) is 28.8 Å². The van der Waals surface area contributed by atoms with E-state index in [4.69, 9.17) is 25.8 Å². The highest BCUT2D eigenvalue weighted by molar-refractivity contribution is 7.89. The zero-order valence-corrected chi connectivity index (χ0v) is 23.4. The van der Waals surface area contributed by atoms with Crippen LogP contribution in [-0.2, 0) is 30.8 Å². The number of amides is 2. The van der Waals surface area contributed by atoms with E-state index in [2.05, 4.69) is 10.0 Å². The number of rotatable bonds is 12. The highest BCUT2D eigenvalue weighted by Gasteiger charge is 2.34. The van der Waals surface area contributed by atoms with Crippen molar-refractivity contribution in [2.75, 3.05) is 44.9 Å². The van der Waals surface area contributed by atoms with Crippen molar-refractivity contribution in [3.63, 3.8) is 0 Å². The van der Waals surface area contributed by atoms with Crippen LogP contribution in [0.15, 0.2) is 77.7 Å². The maximum Gasteiger partial charge on any atom is 0.265 e. The van der Waals surface area contributed by atoms with Crippen LogP contribution < -0.4 is 24.4 Å². The van der Waals surface area contributed by atoms with Crippen molar-refractivity contribution >= 4 is 39.1 Å². The number of ether oxygens (including phenoxy) is 3. The fourth-order valence-corrected chi connectivity index (χ4v) is 5.38. The second-order valence-corrected chi connectivity index (χ2v) is 11.1. The molecule has 0 spiro atoms. The van der Waals surface area contributed by atoms with E-state index in [9.17, 15) is 18.0 Å². The van der Waals surface area contributed by atoms with Crippen LogP contribution in [0.2, 0.25) is 5.02 Å². The van der Waals surface area contributed by atoms with E-state index >= 15 is 0 Å². The Morgan fingerprint density at radius 3 is 2.55 bits per heavy atom. The van der Waals surface area contributed by atoms with Crippen molar-refractivity contribution in [1.82, 2.24) is 10.0 Å². The summed E-state index contributed by atoms with van der Waals surface area (Å²) >= 11 is 6.26. The first kappa shape index (κ1) is 29.3. The summed E-state index contributed by atoms with van der Waals surface area (Å²) in [5, 5.41) is 2.91. The highest BCUT2D eigenvalue weighted by atomic mass is 35.5. The molecule has 0 saturated heterocycles. The van der Waals surface area contributed by atoms with Crippen LogP contribution in [0.3, 0.4) is 0 Å². The Balaban J connectivity index is 1.39. The summed E-state index contributed by atoms with van der Waals surface area (Å²) in [5.41, 5.74) is 1.61. The van der Waals surface area contributed by atoms with Crippen molar-refractivity contribution < 1.29 is 32.2 Å². The minimum atomic E-state index is -3.79. The number of anilines is 1. The van der Waals surface area contributed by atoms with Gasteiger partial charge in [0, 0.05) is 20.2 Å². The van der Waals surface area contributed by atoms with Crippen molar-refractivity contribution in [1.29, 1.82) is 0 Å². The maximum absolute atomic E-state index is 13.2. The molecule has 0 radical (unpaired) electrons. The van der Waals surface area contributed by atoms with Gasteiger partial charge in [-0.05, 0) is 42.3 Å². The molecule has 3 aromatic rings. The third-order valence-corrected chi connectivity index (χ3v) is 7.84. The Hall–Kier alpha value is -3.64. The fourth-order valence-electron chi connectivity index (χ4n) is 4.04. The normalized spacial score (nSPS) is 14.7. The first-order valence-electron chi connectivity index (χ1n) is 12.6. The number of nitrogens with one attached hydrogen (secondary N) is 2. The number of halogens is 1. The minimum Gasteiger partial charge on any atom is -0.482 e. The van der Waals surface area contributed by atoms with Gasteiger partial charge in [0.15, 0.2) is 12.7 Å². The summed E-state index contributed by atoms with van der Waals surface area (Å²) in [6, 6.07) is 20.7. The van der Waals surface area contributed by atoms with E-state index in [1.54, 1.807) is 24.3 Å². The van der Waals surface area contributed by atoms with Crippen molar-refractivity contribution in [2.45, 2.75) is 17.4 Å². The third kappa shape index (κ3) is 7.51. The largest absolute Gasteiger partial charge is 0.482 e. The number of fused-ring (bicyclic) bond motifs is 1. The Labute approximate surface area is 238 Å². The zero-order chi connectivity index (χ0) is 28.5. The van der Waals surface area contributed by atoms with Gasteiger partial charge >= 0.3 is 0 Å². The van der Waals surface area contributed by atoms with Crippen LogP contribution in [0.25, 0.3) is 0 Å². The number of carbonyl (C=O) groups excluding carboxylic acids is 2.